The summed E-state index contributed by atoms with van der Waals surface area (Å²) in [6.07, 6.45) is 1.70. The Kier molecular flexibility index (Phi) is 23.4. The number of nitrogens with zero attached hydrogens (tertiary/aromatic N) is 3. The minimum atomic E-state index is -1.54. The fourth-order valence-corrected chi connectivity index (χ4v) is 8.07. The number of rotatable bonds is 30. The van der Waals surface area contributed by atoms with Crippen molar-refractivity contribution in [1.29, 1.82) is 0 Å². The molecule has 3 aromatic carbocycles. The van der Waals surface area contributed by atoms with Crippen molar-refractivity contribution >= 4 is 81.7 Å². The number of aromatic hydroxyl groups is 2. The molecular formula is C49H68ClN17O9. The minimum Gasteiger partial charge on any atom is -0.508 e. The molecule has 6 atom stereocenters. The van der Waals surface area contributed by atoms with Crippen LogP contribution >= 0.6 is 11.6 Å². The number of hydrogen-bond donors (Lipinski definition) is 16. The van der Waals surface area contributed by atoms with Gasteiger partial charge in [-0.25, -0.2) is 0 Å². The van der Waals surface area contributed by atoms with Gasteiger partial charge >= 0.3 is 0 Å². The summed E-state index contributed by atoms with van der Waals surface area (Å²) in [4.78, 5) is 112. The monoisotopic (exact) mass is 1070 g/mol. The van der Waals surface area contributed by atoms with E-state index in [0.717, 1.165) is 10.9 Å². The van der Waals surface area contributed by atoms with Crippen molar-refractivity contribution in [2.24, 2.45) is 55.1 Å². The van der Waals surface area contributed by atoms with E-state index in [1.807, 2.05) is 18.2 Å². The van der Waals surface area contributed by atoms with Crippen LogP contribution in [0.1, 0.15) is 62.1 Å². The first-order valence-electron chi connectivity index (χ1n) is 24.1. The molecule has 4 rings (SSSR count). The van der Waals surface area contributed by atoms with Gasteiger partial charge in [0.1, 0.15) is 47.8 Å². The van der Waals surface area contributed by atoms with Gasteiger partial charge in [0.05, 0.1) is 5.02 Å². The smallest absolute Gasteiger partial charge is 0.243 e. The van der Waals surface area contributed by atoms with Gasteiger partial charge in [-0.3, -0.25) is 48.5 Å². The predicted molar refractivity (Wildman–Crippen MR) is 287 cm³/mol. The average Bonchev–Trinajstić information content (AvgIpc) is 3.77. The number of aromatic nitrogens is 1. The Morgan fingerprint density at radius 2 is 0.961 bits per heavy atom. The molecule has 27 heteroatoms. The molecule has 0 spiro atoms. The van der Waals surface area contributed by atoms with Crippen LogP contribution in [0.4, 0.5) is 0 Å². The lowest BCUT2D eigenvalue weighted by Gasteiger charge is -2.28. The molecule has 0 saturated heterocycles. The van der Waals surface area contributed by atoms with E-state index in [1.165, 1.54) is 49.4 Å². The Morgan fingerprint density at radius 3 is 1.45 bits per heavy atom. The number of carbonyl (C=O) groups is 7. The van der Waals surface area contributed by atoms with Crippen molar-refractivity contribution < 1.29 is 43.8 Å². The van der Waals surface area contributed by atoms with Crippen LogP contribution in [0.25, 0.3) is 10.9 Å². The number of halogens is 1. The highest BCUT2D eigenvalue weighted by molar-refractivity contribution is 6.32. The number of primary amides is 1. The number of phenolic OH excluding ortho intramolecular Hbond substituents is 2. The van der Waals surface area contributed by atoms with Gasteiger partial charge in [-0.1, -0.05) is 48.0 Å². The number of amides is 7. The first-order valence-corrected chi connectivity index (χ1v) is 24.5. The number of nitrogens with two attached hydrogens (primary N) is 7. The number of H-pyrrole nitrogens is 1. The Balaban J connectivity index is 1.72. The summed E-state index contributed by atoms with van der Waals surface area (Å²) in [7, 11) is 0. The second kappa shape index (κ2) is 29.8. The molecule has 0 radical (unpaired) electrons. The summed E-state index contributed by atoms with van der Waals surface area (Å²) in [5.74, 6) is -6.54. The summed E-state index contributed by atoms with van der Waals surface area (Å²) in [6, 6.07) is 8.99. The molecule has 1 heterocycles. The van der Waals surface area contributed by atoms with Crippen molar-refractivity contribution in [3.8, 4) is 11.5 Å². The maximum absolute atomic E-state index is 14.8. The van der Waals surface area contributed by atoms with E-state index in [4.69, 9.17) is 51.7 Å². The molecule has 0 unspecified atom stereocenters. The van der Waals surface area contributed by atoms with E-state index >= 15 is 0 Å². The van der Waals surface area contributed by atoms with E-state index in [9.17, 15) is 43.8 Å². The van der Waals surface area contributed by atoms with Gasteiger partial charge in [0.25, 0.3) is 0 Å². The van der Waals surface area contributed by atoms with Crippen molar-refractivity contribution in [3.63, 3.8) is 0 Å². The highest BCUT2D eigenvalue weighted by Gasteiger charge is 2.34. The lowest BCUT2D eigenvalue weighted by atomic mass is 10.0. The molecular weight excluding hydrogens is 1010 g/mol. The molecule has 1 aromatic heterocycles. The van der Waals surface area contributed by atoms with Crippen molar-refractivity contribution in [3.05, 3.63) is 94.6 Å². The Morgan fingerprint density at radius 1 is 0.539 bits per heavy atom. The topological polar surface area (TPSA) is 467 Å². The number of guanidine groups is 3. The molecule has 0 fully saturated rings. The second-order valence-corrected chi connectivity index (χ2v) is 18.1. The lowest BCUT2D eigenvalue weighted by Crippen LogP contribution is -2.60. The number of nitrogens with one attached hydrogen (secondary N) is 7. The third kappa shape index (κ3) is 20.2. The predicted octanol–water partition coefficient (Wildman–Crippen LogP) is -2.16. The second-order valence-electron chi connectivity index (χ2n) is 17.7. The van der Waals surface area contributed by atoms with Crippen LogP contribution in [0.5, 0.6) is 11.5 Å². The molecule has 0 bridgehead atoms. The summed E-state index contributed by atoms with van der Waals surface area (Å²) < 4.78 is 0. The van der Waals surface area contributed by atoms with Crippen LogP contribution in [0, 0.1) is 0 Å². The molecule has 0 saturated carbocycles. The summed E-state index contributed by atoms with van der Waals surface area (Å²) in [5, 5.41) is 36.9. The summed E-state index contributed by atoms with van der Waals surface area (Å²) in [6.45, 7) is 1.49. The molecule has 23 N–H and O–H groups in total. The molecule has 76 heavy (non-hydrogen) atoms. The molecule has 0 aliphatic carbocycles. The molecule has 0 aliphatic rings. The number of carbonyl (C=O) groups excluding carboxylic acids is 7. The van der Waals surface area contributed by atoms with Crippen molar-refractivity contribution in [1.82, 2.24) is 36.9 Å². The van der Waals surface area contributed by atoms with Gasteiger partial charge in [-0.2, -0.15) is 0 Å². The normalized spacial score (nSPS) is 13.2. The Labute approximate surface area is 442 Å². The van der Waals surface area contributed by atoms with Gasteiger partial charge in [-0.15, -0.1) is 0 Å². The number of benzene rings is 3. The third-order valence-corrected chi connectivity index (χ3v) is 12.0. The van der Waals surface area contributed by atoms with Gasteiger partial charge in [0.15, 0.2) is 17.9 Å². The zero-order valence-corrected chi connectivity index (χ0v) is 42.6. The Bertz CT molecular complexity index is 2740. The number of hydrogen-bond acceptors (Lipinski definition) is 12. The average molecular weight is 1070 g/mol. The van der Waals surface area contributed by atoms with Crippen molar-refractivity contribution in [2.45, 2.75) is 101 Å². The van der Waals surface area contributed by atoms with Gasteiger partial charge in [0, 0.05) is 62.9 Å². The fourth-order valence-electron chi connectivity index (χ4n) is 7.87. The lowest BCUT2D eigenvalue weighted by molar-refractivity contribution is -0.135. The molecule has 7 amide bonds. The first-order chi connectivity index (χ1) is 36.1. The SMILES string of the molecule is CC(=O)N[C@@H](CCCN=C(N)N)C(=O)N[C@@H](Cc1ccc(O)cc1)C(=O)N[C@@H](Cc1ccc(O)c(Cl)c1)C(=O)N[C@@H](CCCN=C(N)N)C(=O)N[C@@H](Cc1c[nH]c2ccccc12)C(=O)N[C@@H](CCCN=C(N)N)C(N)=O. The summed E-state index contributed by atoms with van der Waals surface area (Å²) in [5.41, 5.74) is 40.8. The van der Waals surface area contributed by atoms with Crippen LogP contribution in [0.2, 0.25) is 5.02 Å². The van der Waals surface area contributed by atoms with E-state index in [1.54, 1.807) is 12.3 Å². The summed E-state index contributed by atoms with van der Waals surface area (Å²) >= 11 is 6.28. The van der Waals surface area contributed by atoms with E-state index in [2.05, 4.69) is 51.9 Å². The van der Waals surface area contributed by atoms with Crippen LogP contribution in [-0.2, 0) is 52.8 Å². The van der Waals surface area contributed by atoms with E-state index in [-0.39, 0.29) is 112 Å². The molecule has 410 valence electrons. The van der Waals surface area contributed by atoms with Crippen LogP contribution in [0.3, 0.4) is 0 Å². The van der Waals surface area contributed by atoms with Crippen LogP contribution in [0.15, 0.2) is 87.9 Å². The fraction of sp³-hybridized carbons (Fsp3) is 0.388. The van der Waals surface area contributed by atoms with E-state index in [0.29, 0.717) is 16.7 Å². The van der Waals surface area contributed by atoms with Crippen LogP contribution < -0.4 is 72.0 Å². The zero-order valence-electron chi connectivity index (χ0n) is 41.9. The maximum atomic E-state index is 14.8. The van der Waals surface area contributed by atoms with Gasteiger partial charge in [0.2, 0.25) is 41.4 Å². The number of para-hydroxylation sites is 1. The largest absolute Gasteiger partial charge is 0.508 e. The Hall–Kier alpha value is -8.81. The van der Waals surface area contributed by atoms with Gasteiger partial charge < -0.3 is 87.2 Å². The maximum Gasteiger partial charge on any atom is 0.243 e. The zero-order chi connectivity index (χ0) is 55.9. The van der Waals surface area contributed by atoms with E-state index < -0.39 is 77.6 Å². The quantitative estimate of drug-likeness (QED) is 0.0150. The standard InChI is InChI=1S/C49H68ClN17O9/c1-26(68)62-35(10-5-19-59-48(54)55)42(72)65-37(22-27-12-15-30(69)16-13-27)45(75)66-38(23-28-14-17-40(70)32(50)21-28)44(74)64-36(11-6-20-60-49(56)57)43(73)67-39(24-29-25-61-33-8-3-2-7-31(29)33)46(76)63-34(41(51)71)9-4-18-58-47(52)53/h2-3,7-8,12-17,21,25,34-39,61,69-70H,4-6,9-11,18-20,22-24H2,1H3,(H2,51,71)(H,62,68)(H,63,76)(H,64,74)(H,65,72)(H,66,75)(H,67,73)(H4,52,53,58)(H4,54,55,59)(H4,56,57,60)/t34-,35-,36-,37-,38-,39-/m0/s1. The van der Waals surface area contributed by atoms with Crippen molar-refractivity contribution in [2.75, 3.05) is 19.6 Å². The number of phenols is 2. The highest BCUT2D eigenvalue weighted by Crippen LogP contribution is 2.25. The first kappa shape index (κ1) is 59.8. The third-order valence-electron chi connectivity index (χ3n) is 11.6. The van der Waals surface area contributed by atoms with Crippen LogP contribution in [-0.4, -0.2) is 130 Å². The molecule has 4 aromatic rings. The van der Waals surface area contributed by atoms with Gasteiger partial charge in [-0.05, 0) is 85.5 Å². The minimum absolute atomic E-state index is 0.0138. The number of aliphatic imine (C=N–C) groups is 3. The molecule has 0 aliphatic heterocycles. The molecule has 26 nitrogen and oxygen atoms in total. The number of aromatic amines is 1. The highest BCUT2D eigenvalue weighted by atomic mass is 35.5. The number of fused-ring (bicyclic) bond motifs is 1.